The fourth-order valence-electron chi connectivity index (χ4n) is 1.28. The highest BCUT2D eigenvalue weighted by Crippen LogP contribution is 2.09. The lowest BCUT2D eigenvalue weighted by Crippen LogP contribution is -2.32. The Morgan fingerprint density at radius 3 is 3.17 bits per heavy atom. The molecule has 0 saturated heterocycles. The van der Waals surface area contributed by atoms with E-state index in [4.69, 9.17) is 0 Å². The summed E-state index contributed by atoms with van der Waals surface area (Å²) in [5.41, 5.74) is 0.757. The summed E-state index contributed by atoms with van der Waals surface area (Å²) in [5.74, 6) is -0.215. The molecule has 1 aliphatic heterocycles. The molecule has 0 atom stereocenters. The molecule has 0 bridgehead atoms. The second-order valence-corrected chi connectivity index (χ2v) is 2.79. The van der Waals surface area contributed by atoms with Crippen LogP contribution in [0.4, 0.5) is 0 Å². The van der Waals surface area contributed by atoms with Crippen molar-refractivity contribution in [1.82, 2.24) is 4.90 Å². The Morgan fingerprint density at radius 2 is 2.58 bits per heavy atom. The number of rotatable bonds is 2. The minimum atomic E-state index is -0.215. The third-order valence-electron chi connectivity index (χ3n) is 1.99. The first-order valence-electron chi connectivity index (χ1n) is 4.07. The average Bonchev–Trinajstić information content (AvgIpc) is 2.17. The number of nitrogens with zero attached hydrogens (tertiary/aromatic N) is 1. The number of hydrogen-bond acceptors (Lipinski definition) is 3. The average molecular weight is 168 g/mol. The van der Waals surface area contributed by atoms with Crippen molar-refractivity contribution in [1.29, 1.82) is 0 Å². The largest absolute Gasteiger partial charge is 0.466 e. The van der Waals surface area contributed by atoms with E-state index in [2.05, 4.69) is 16.6 Å². The molecule has 0 unspecified atom stereocenters. The van der Waals surface area contributed by atoms with E-state index in [0.717, 1.165) is 25.1 Å². The smallest absolute Gasteiger partial charge is 0.334 e. The molecule has 12 heavy (non-hydrogen) atoms. The summed E-state index contributed by atoms with van der Waals surface area (Å²) in [6, 6.07) is 0. The SMILES string of the molecule is [CH2]CN1CCC=C(C(=O)OC)C1. The molecule has 0 aromatic rings. The second-order valence-electron chi connectivity index (χ2n) is 2.79. The third kappa shape index (κ3) is 2.08. The van der Waals surface area contributed by atoms with Gasteiger partial charge >= 0.3 is 5.97 Å². The lowest BCUT2D eigenvalue weighted by molar-refractivity contribution is -0.136. The van der Waals surface area contributed by atoms with E-state index in [-0.39, 0.29) is 5.97 Å². The van der Waals surface area contributed by atoms with Crippen LogP contribution >= 0.6 is 0 Å². The quantitative estimate of drug-likeness (QED) is 0.566. The van der Waals surface area contributed by atoms with Crippen molar-refractivity contribution in [2.24, 2.45) is 0 Å². The van der Waals surface area contributed by atoms with Gasteiger partial charge in [-0.05, 0) is 19.9 Å². The van der Waals surface area contributed by atoms with E-state index >= 15 is 0 Å². The zero-order valence-corrected chi connectivity index (χ0v) is 7.38. The van der Waals surface area contributed by atoms with Crippen LogP contribution in [0.25, 0.3) is 0 Å². The van der Waals surface area contributed by atoms with Gasteiger partial charge in [-0.2, -0.15) is 0 Å². The van der Waals surface area contributed by atoms with Gasteiger partial charge in [0.15, 0.2) is 0 Å². The van der Waals surface area contributed by atoms with E-state index in [9.17, 15) is 4.79 Å². The molecule has 1 radical (unpaired) electrons. The first kappa shape index (κ1) is 9.26. The molecule has 1 aliphatic rings. The van der Waals surface area contributed by atoms with Crippen LogP contribution in [0.2, 0.25) is 0 Å². The predicted molar refractivity (Wildman–Crippen MR) is 46.5 cm³/mol. The molecular formula is C9H14NO2. The minimum absolute atomic E-state index is 0.215. The molecule has 3 nitrogen and oxygen atoms in total. The Hall–Kier alpha value is -0.830. The fourth-order valence-corrected chi connectivity index (χ4v) is 1.28. The summed E-state index contributed by atoms with van der Waals surface area (Å²) in [4.78, 5) is 13.2. The highest BCUT2D eigenvalue weighted by molar-refractivity contribution is 5.88. The minimum Gasteiger partial charge on any atom is -0.466 e. The van der Waals surface area contributed by atoms with E-state index in [0.29, 0.717) is 6.54 Å². The standard InChI is InChI=1S/C9H14NO2/c1-3-10-6-4-5-8(7-10)9(11)12-2/h5H,1,3-4,6-7H2,2H3. The maximum absolute atomic E-state index is 11.1. The van der Waals surface area contributed by atoms with Gasteiger partial charge in [-0.15, -0.1) is 0 Å². The molecule has 3 heteroatoms. The Labute approximate surface area is 73.0 Å². The summed E-state index contributed by atoms with van der Waals surface area (Å²) in [7, 11) is 1.41. The van der Waals surface area contributed by atoms with E-state index < -0.39 is 0 Å². The molecule has 1 rings (SSSR count). The molecule has 67 valence electrons. The number of carbonyl (C=O) groups excluding carboxylic acids is 1. The third-order valence-corrected chi connectivity index (χ3v) is 1.99. The second kappa shape index (κ2) is 4.26. The number of hydrogen-bond donors (Lipinski definition) is 0. The Kier molecular flexibility index (Phi) is 3.29. The number of methoxy groups -OCH3 is 1. The zero-order chi connectivity index (χ0) is 8.97. The summed E-state index contributed by atoms with van der Waals surface area (Å²) in [6.07, 6.45) is 2.86. The van der Waals surface area contributed by atoms with E-state index in [1.165, 1.54) is 7.11 Å². The Balaban J connectivity index is 2.55. The monoisotopic (exact) mass is 168 g/mol. The van der Waals surface area contributed by atoms with Crippen LogP contribution in [0.1, 0.15) is 6.42 Å². The highest BCUT2D eigenvalue weighted by Gasteiger charge is 2.16. The summed E-state index contributed by atoms with van der Waals surface area (Å²) in [6.45, 7) is 6.19. The van der Waals surface area contributed by atoms with Crippen molar-refractivity contribution in [2.45, 2.75) is 6.42 Å². The van der Waals surface area contributed by atoms with Crippen LogP contribution in [0.3, 0.4) is 0 Å². The number of carbonyl (C=O) groups is 1. The van der Waals surface area contributed by atoms with Gasteiger partial charge in [0.05, 0.1) is 7.11 Å². The van der Waals surface area contributed by atoms with Crippen molar-refractivity contribution >= 4 is 5.97 Å². The normalized spacial score (nSPS) is 18.7. The van der Waals surface area contributed by atoms with Gasteiger partial charge in [-0.25, -0.2) is 4.79 Å². The molecule has 0 aromatic carbocycles. The molecule has 1 heterocycles. The van der Waals surface area contributed by atoms with Crippen LogP contribution in [0.15, 0.2) is 11.6 Å². The first-order valence-corrected chi connectivity index (χ1v) is 4.07. The first-order chi connectivity index (χ1) is 5.77. The van der Waals surface area contributed by atoms with Crippen LogP contribution in [0, 0.1) is 6.92 Å². The van der Waals surface area contributed by atoms with Crippen molar-refractivity contribution < 1.29 is 9.53 Å². The van der Waals surface area contributed by atoms with Gasteiger partial charge in [0.2, 0.25) is 0 Å². The molecule has 0 fully saturated rings. The highest BCUT2D eigenvalue weighted by atomic mass is 16.5. The maximum atomic E-state index is 11.1. The number of ether oxygens (including phenoxy) is 1. The fraction of sp³-hybridized carbons (Fsp3) is 0.556. The van der Waals surface area contributed by atoms with Crippen molar-refractivity contribution in [2.75, 3.05) is 26.7 Å². The lowest BCUT2D eigenvalue weighted by atomic mass is 10.1. The van der Waals surface area contributed by atoms with Crippen LogP contribution < -0.4 is 0 Å². The lowest BCUT2D eigenvalue weighted by Gasteiger charge is -2.24. The van der Waals surface area contributed by atoms with Crippen molar-refractivity contribution in [3.8, 4) is 0 Å². The van der Waals surface area contributed by atoms with Gasteiger partial charge in [-0.3, -0.25) is 4.90 Å². The summed E-state index contributed by atoms with van der Waals surface area (Å²) >= 11 is 0. The van der Waals surface area contributed by atoms with E-state index in [1.54, 1.807) is 0 Å². The molecule has 0 N–H and O–H groups in total. The van der Waals surface area contributed by atoms with Crippen LogP contribution in [0.5, 0.6) is 0 Å². The van der Waals surface area contributed by atoms with Gasteiger partial charge in [-0.1, -0.05) is 6.08 Å². The predicted octanol–water partition coefficient (Wildman–Crippen LogP) is 0.626. The molecule has 0 amide bonds. The van der Waals surface area contributed by atoms with E-state index in [1.807, 2.05) is 6.08 Å². The number of esters is 1. The van der Waals surface area contributed by atoms with Gasteiger partial charge in [0.25, 0.3) is 0 Å². The molecule has 0 spiro atoms. The van der Waals surface area contributed by atoms with Gasteiger partial charge in [0.1, 0.15) is 0 Å². The van der Waals surface area contributed by atoms with Crippen LogP contribution in [-0.2, 0) is 9.53 Å². The molecular weight excluding hydrogens is 154 g/mol. The van der Waals surface area contributed by atoms with Crippen LogP contribution in [-0.4, -0.2) is 37.6 Å². The Morgan fingerprint density at radius 1 is 1.83 bits per heavy atom. The zero-order valence-electron chi connectivity index (χ0n) is 7.38. The van der Waals surface area contributed by atoms with Crippen molar-refractivity contribution in [3.05, 3.63) is 18.6 Å². The Bertz CT molecular complexity index is 199. The summed E-state index contributed by atoms with van der Waals surface area (Å²) < 4.78 is 4.63. The molecule has 0 aliphatic carbocycles. The van der Waals surface area contributed by atoms with Gasteiger partial charge < -0.3 is 4.74 Å². The summed E-state index contributed by atoms with van der Waals surface area (Å²) in [5, 5.41) is 0. The molecule has 0 aromatic heterocycles. The maximum Gasteiger partial charge on any atom is 0.334 e. The van der Waals surface area contributed by atoms with Gasteiger partial charge in [0, 0.05) is 18.7 Å². The molecule has 0 saturated carbocycles. The van der Waals surface area contributed by atoms with Crippen molar-refractivity contribution in [3.63, 3.8) is 0 Å². The topological polar surface area (TPSA) is 29.5 Å².